The molecule has 0 aromatic carbocycles. The number of aromatic nitrogens is 1. The van der Waals surface area contributed by atoms with Gasteiger partial charge in [-0.25, -0.2) is 4.79 Å². The number of methoxy groups -OCH3 is 1. The van der Waals surface area contributed by atoms with Crippen LogP contribution in [0.25, 0.3) is 0 Å². The molecule has 0 unspecified atom stereocenters. The molecule has 1 aromatic heterocycles. The van der Waals surface area contributed by atoms with Gasteiger partial charge in [-0.3, -0.25) is 4.79 Å². The molecule has 3 rings (SSSR count). The molecule has 24 heavy (non-hydrogen) atoms. The first-order valence-corrected chi connectivity index (χ1v) is 8.53. The summed E-state index contributed by atoms with van der Waals surface area (Å²) in [5, 5.41) is 11.0. The average Bonchev–Trinajstić information content (AvgIpc) is 3.00. The van der Waals surface area contributed by atoms with Crippen LogP contribution in [0.5, 0.6) is 0 Å². The van der Waals surface area contributed by atoms with E-state index in [1.165, 1.54) is 7.11 Å². The van der Waals surface area contributed by atoms with Crippen LogP contribution in [0.3, 0.4) is 0 Å². The van der Waals surface area contributed by atoms with E-state index in [0.717, 1.165) is 37.8 Å². The summed E-state index contributed by atoms with van der Waals surface area (Å²) >= 11 is 0. The third-order valence-electron chi connectivity index (χ3n) is 5.28. The normalized spacial score (nSPS) is 20.2. The van der Waals surface area contributed by atoms with Crippen LogP contribution in [0.4, 0.5) is 0 Å². The summed E-state index contributed by atoms with van der Waals surface area (Å²) in [6.07, 6.45) is 4.44. The topological polar surface area (TPSA) is 68.5 Å². The third kappa shape index (κ3) is 2.21. The van der Waals surface area contributed by atoms with Crippen molar-refractivity contribution in [3.05, 3.63) is 34.9 Å². The number of ether oxygens (including phenoxy) is 1. The number of carbonyl (C=O) groups excluding carboxylic acids is 2. The van der Waals surface area contributed by atoms with Gasteiger partial charge in [0, 0.05) is 11.1 Å². The van der Waals surface area contributed by atoms with Crippen molar-refractivity contribution in [3.63, 3.8) is 0 Å². The lowest BCUT2D eigenvalue weighted by Gasteiger charge is -2.44. The Kier molecular flexibility index (Phi) is 3.85. The minimum atomic E-state index is -0.757. The standard InChI is InChI=1S/C19H25NO4/c1-18(2,3)13-9-8-12-15(21)14(17(23)24-4)16(22)19(20(12)13)10-6-5-7-11-19/h8-9,22H,5-7,10-11H2,1-4H3. The van der Waals surface area contributed by atoms with Crippen molar-refractivity contribution in [1.82, 2.24) is 4.57 Å². The van der Waals surface area contributed by atoms with Gasteiger partial charge in [-0.2, -0.15) is 0 Å². The highest BCUT2D eigenvalue weighted by Crippen LogP contribution is 2.47. The van der Waals surface area contributed by atoms with Gasteiger partial charge in [0.05, 0.1) is 12.8 Å². The van der Waals surface area contributed by atoms with E-state index in [4.69, 9.17) is 4.74 Å². The zero-order valence-electron chi connectivity index (χ0n) is 14.8. The molecule has 1 fully saturated rings. The number of fused-ring (bicyclic) bond motifs is 2. The van der Waals surface area contributed by atoms with Gasteiger partial charge in [0.15, 0.2) is 0 Å². The van der Waals surface area contributed by atoms with Gasteiger partial charge in [-0.15, -0.1) is 0 Å². The van der Waals surface area contributed by atoms with Gasteiger partial charge in [-0.05, 0) is 25.0 Å². The molecule has 1 aliphatic heterocycles. The predicted octanol–water partition coefficient (Wildman–Crippen LogP) is 3.63. The maximum atomic E-state index is 12.9. The van der Waals surface area contributed by atoms with Crippen molar-refractivity contribution >= 4 is 11.8 Å². The van der Waals surface area contributed by atoms with Crippen LogP contribution in [-0.4, -0.2) is 28.5 Å². The summed E-state index contributed by atoms with van der Waals surface area (Å²) in [6.45, 7) is 6.27. The number of ketones is 1. The van der Waals surface area contributed by atoms with Gasteiger partial charge in [0.1, 0.15) is 16.9 Å². The predicted molar refractivity (Wildman–Crippen MR) is 90.2 cm³/mol. The number of aliphatic hydroxyl groups excluding tert-OH is 1. The van der Waals surface area contributed by atoms with Crippen molar-refractivity contribution < 1.29 is 19.4 Å². The minimum Gasteiger partial charge on any atom is -0.509 e. The second-order valence-electron chi connectivity index (χ2n) is 7.83. The van der Waals surface area contributed by atoms with Crippen molar-refractivity contribution in [2.75, 3.05) is 7.11 Å². The molecule has 1 N–H and O–H groups in total. The maximum absolute atomic E-state index is 12.9. The first-order valence-electron chi connectivity index (χ1n) is 8.53. The van der Waals surface area contributed by atoms with Gasteiger partial charge in [-0.1, -0.05) is 40.0 Å². The SMILES string of the molecule is COC(=O)C1=C(O)C2(CCCCC2)n2c(ccc2C(C)(C)C)C1=O. The number of hydrogen-bond acceptors (Lipinski definition) is 4. The first kappa shape index (κ1) is 16.8. The molecule has 2 heterocycles. The highest BCUT2D eigenvalue weighted by atomic mass is 16.5. The van der Waals surface area contributed by atoms with Crippen LogP contribution < -0.4 is 0 Å². The largest absolute Gasteiger partial charge is 0.509 e. The highest BCUT2D eigenvalue weighted by molar-refractivity contribution is 6.24. The number of aliphatic hydroxyl groups is 1. The second-order valence-corrected chi connectivity index (χ2v) is 7.83. The fourth-order valence-corrected chi connectivity index (χ4v) is 4.12. The molecule has 1 aliphatic carbocycles. The molecule has 0 radical (unpaired) electrons. The third-order valence-corrected chi connectivity index (χ3v) is 5.28. The number of Topliss-reactive ketones (excluding diaryl/α,β-unsaturated/α-hetero) is 1. The fraction of sp³-hybridized carbons (Fsp3) is 0.579. The summed E-state index contributed by atoms with van der Waals surface area (Å²) < 4.78 is 6.76. The van der Waals surface area contributed by atoms with Crippen LogP contribution in [0, 0.1) is 0 Å². The summed E-state index contributed by atoms with van der Waals surface area (Å²) in [6, 6.07) is 3.71. The molecule has 0 amide bonds. The Bertz CT molecular complexity index is 727. The van der Waals surface area contributed by atoms with Crippen LogP contribution in [0.15, 0.2) is 23.5 Å². The molecular weight excluding hydrogens is 306 g/mol. The molecule has 5 heteroatoms. The lowest BCUT2D eigenvalue weighted by molar-refractivity contribution is -0.136. The molecular formula is C19H25NO4. The van der Waals surface area contributed by atoms with Crippen LogP contribution in [-0.2, 0) is 20.5 Å². The van der Waals surface area contributed by atoms with Gasteiger partial charge in [0.25, 0.3) is 0 Å². The van der Waals surface area contributed by atoms with E-state index < -0.39 is 17.3 Å². The minimum absolute atomic E-state index is 0.117. The number of hydrogen-bond donors (Lipinski definition) is 1. The number of carbonyl (C=O) groups is 2. The van der Waals surface area contributed by atoms with Crippen LogP contribution in [0.1, 0.15) is 69.1 Å². The number of nitrogens with zero attached hydrogens (tertiary/aromatic N) is 1. The molecule has 0 bridgehead atoms. The van der Waals surface area contributed by atoms with E-state index in [1.807, 2.05) is 10.6 Å². The van der Waals surface area contributed by atoms with Crippen LogP contribution in [0.2, 0.25) is 0 Å². The van der Waals surface area contributed by atoms with Crippen molar-refractivity contribution in [2.24, 2.45) is 0 Å². The molecule has 1 saturated carbocycles. The Labute approximate surface area is 142 Å². The fourth-order valence-electron chi connectivity index (χ4n) is 4.12. The molecule has 2 aliphatic rings. The number of esters is 1. The summed E-state index contributed by atoms with van der Waals surface area (Å²) in [5.74, 6) is -1.33. The Balaban J connectivity index is 2.31. The molecule has 0 saturated heterocycles. The van der Waals surface area contributed by atoms with E-state index in [9.17, 15) is 14.7 Å². The van der Waals surface area contributed by atoms with Crippen molar-refractivity contribution in [3.8, 4) is 0 Å². The Morgan fingerprint density at radius 1 is 1.21 bits per heavy atom. The van der Waals surface area contributed by atoms with Crippen LogP contribution >= 0.6 is 0 Å². The average molecular weight is 331 g/mol. The summed E-state index contributed by atoms with van der Waals surface area (Å²) in [7, 11) is 1.23. The highest BCUT2D eigenvalue weighted by Gasteiger charge is 2.50. The number of allylic oxidation sites excluding steroid dienone is 1. The molecule has 1 aromatic rings. The summed E-state index contributed by atoms with van der Waals surface area (Å²) in [5.41, 5.74) is 0.386. The molecule has 0 atom stereocenters. The second kappa shape index (κ2) is 5.50. The lowest BCUT2D eigenvalue weighted by Crippen LogP contribution is -2.47. The molecule has 130 valence electrons. The molecule has 1 spiro atoms. The van der Waals surface area contributed by atoms with E-state index >= 15 is 0 Å². The van der Waals surface area contributed by atoms with Gasteiger partial charge >= 0.3 is 5.97 Å². The monoisotopic (exact) mass is 331 g/mol. The van der Waals surface area contributed by atoms with E-state index in [0.29, 0.717) is 5.69 Å². The Hall–Kier alpha value is -2.04. The Morgan fingerprint density at radius 3 is 2.38 bits per heavy atom. The van der Waals surface area contributed by atoms with Crippen molar-refractivity contribution in [2.45, 2.75) is 63.8 Å². The number of rotatable bonds is 1. The van der Waals surface area contributed by atoms with Gasteiger partial charge < -0.3 is 14.4 Å². The first-order chi connectivity index (χ1) is 11.2. The van der Waals surface area contributed by atoms with Crippen molar-refractivity contribution in [1.29, 1.82) is 0 Å². The smallest absolute Gasteiger partial charge is 0.345 e. The molecule has 5 nitrogen and oxygen atoms in total. The Morgan fingerprint density at radius 2 is 1.83 bits per heavy atom. The summed E-state index contributed by atoms with van der Waals surface area (Å²) in [4.78, 5) is 25.0. The zero-order valence-corrected chi connectivity index (χ0v) is 14.8. The lowest BCUT2D eigenvalue weighted by atomic mass is 9.75. The van der Waals surface area contributed by atoms with E-state index in [1.54, 1.807) is 6.07 Å². The maximum Gasteiger partial charge on any atom is 0.345 e. The van der Waals surface area contributed by atoms with E-state index in [-0.39, 0.29) is 16.7 Å². The zero-order chi connectivity index (χ0) is 17.7. The quantitative estimate of drug-likeness (QED) is 0.630. The van der Waals surface area contributed by atoms with E-state index in [2.05, 4.69) is 20.8 Å². The van der Waals surface area contributed by atoms with Gasteiger partial charge in [0.2, 0.25) is 5.78 Å².